The Labute approximate surface area is 152 Å². The van der Waals surface area contributed by atoms with Gasteiger partial charge in [0.2, 0.25) is 11.8 Å². The summed E-state index contributed by atoms with van der Waals surface area (Å²) in [5.41, 5.74) is 1.11. The summed E-state index contributed by atoms with van der Waals surface area (Å²) in [7, 11) is 0. The molecule has 1 aromatic carbocycles. The van der Waals surface area contributed by atoms with Crippen molar-refractivity contribution in [2.75, 3.05) is 23.7 Å². The monoisotopic (exact) mass is 353 g/mol. The van der Waals surface area contributed by atoms with Crippen LogP contribution in [0.15, 0.2) is 36.7 Å². The number of likely N-dealkylation sites (tertiary alicyclic amines) is 1. The third kappa shape index (κ3) is 2.64. The minimum absolute atomic E-state index is 0.0122. The number of hydrogen-bond acceptors (Lipinski definition) is 4. The topological polar surface area (TPSA) is 79.3 Å². The molecule has 2 aliphatic rings. The summed E-state index contributed by atoms with van der Waals surface area (Å²) in [6.45, 7) is 4.89. The molecule has 1 aromatic heterocycles. The number of fused-ring (bicyclic) bond motifs is 1. The van der Waals surface area contributed by atoms with Crippen LogP contribution in [0.1, 0.15) is 31.6 Å². The summed E-state index contributed by atoms with van der Waals surface area (Å²) in [5, 5.41) is 6.42. The van der Waals surface area contributed by atoms with Crippen LogP contribution in [-0.4, -0.2) is 44.9 Å². The fourth-order valence-corrected chi connectivity index (χ4v) is 3.90. The van der Waals surface area contributed by atoms with Crippen LogP contribution in [0.5, 0.6) is 0 Å². The first-order chi connectivity index (χ1) is 12.5. The Morgan fingerprint density at radius 1 is 1.23 bits per heavy atom. The summed E-state index contributed by atoms with van der Waals surface area (Å²) in [6, 6.07) is 7.42. The first-order valence-electron chi connectivity index (χ1n) is 8.97. The first-order valence-corrected chi connectivity index (χ1v) is 8.97. The molecule has 1 fully saturated rings. The standard InChI is InChI=1S/C19H23N5O2/c1-13(24-12-9-20-14(24)2)17(25)23-10-7-19(8-11-23)18(26)21-15-5-3-4-6-16(15)22-19/h3-6,9,12-13,22H,7-8,10-11H2,1-2H3,(H,21,26). The lowest BCUT2D eigenvalue weighted by atomic mass is 9.84. The second-order valence-electron chi connectivity index (χ2n) is 7.09. The summed E-state index contributed by atoms with van der Waals surface area (Å²) >= 11 is 0. The van der Waals surface area contributed by atoms with E-state index in [2.05, 4.69) is 15.6 Å². The number of nitrogens with zero attached hydrogens (tertiary/aromatic N) is 3. The molecule has 26 heavy (non-hydrogen) atoms. The SMILES string of the molecule is Cc1nccn1C(C)C(=O)N1CCC2(CC1)Nc1ccccc1NC2=O. The van der Waals surface area contributed by atoms with E-state index in [0.717, 1.165) is 17.2 Å². The predicted octanol–water partition coefficient (Wildman–Crippen LogP) is 2.18. The van der Waals surface area contributed by atoms with Crippen molar-refractivity contribution in [3.05, 3.63) is 42.5 Å². The Bertz CT molecular complexity index is 851. The summed E-state index contributed by atoms with van der Waals surface area (Å²) in [6.07, 6.45) is 4.72. The number of nitrogens with one attached hydrogen (secondary N) is 2. The zero-order valence-electron chi connectivity index (χ0n) is 15.0. The number of benzene rings is 1. The van der Waals surface area contributed by atoms with E-state index in [1.54, 1.807) is 6.20 Å². The van der Waals surface area contributed by atoms with E-state index in [1.165, 1.54) is 0 Å². The molecule has 1 unspecified atom stereocenters. The molecule has 3 heterocycles. The van der Waals surface area contributed by atoms with Gasteiger partial charge in [-0.25, -0.2) is 4.98 Å². The molecule has 7 heteroatoms. The Balaban J connectivity index is 1.47. The van der Waals surface area contributed by atoms with Crippen LogP contribution in [0.3, 0.4) is 0 Å². The van der Waals surface area contributed by atoms with Crippen LogP contribution in [-0.2, 0) is 9.59 Å². The molecule has 0 aliphatic carbocycles. The number of amides is 2. The van der Waals surface area contributed by atoms with E-state index >= 15 is 0 Å². The highest BCUT2D eigenvalue weighted by Gasteiger charge is 2.45. The molecule has 7 nitrogen and oxygen atoms in total. The minimum Gasteiger partial charge on any atom is -0.369 e. The van der Waals surface area contributed by atoms with E-state index in [4.69, 9.17) is 0 Å². The average molecular weight is 353 g/mol. The molecule has 4 rings (SSSR count). The average Bonchev–Trinajstić information content (AvgIpc) is 3.08. The van der Waals surface area contributed by atoms with Gasteiger partial charge in [0, 0.05) is 25.5 Å². The number of piperidine rings is 1. The van der Waals surface area contributed by atoms with Gasteiger partial charge in [0.1, 0.15) is 17.4 Å². The number of aryl methyl sites for hydroxylation is 1. The second kappa shape index (κ2) is 6.16. The number of hydrogen-bond donors (Lipinski definition) is 2. The molecular formula is C19H23N5O2. The van der Waals surface area contributed by atoms with Crippen LogP contribution in [0.2, 0.25) is 0 Å². The first kappa shape index (κ1) is 16.6. The fourth-order valence-electron chi connectivity index (χ4n) is 3.90. The van der Waals surface area contributed by atoms with Gasteiger partial charge < -0.3 is 20.1 Å². The maximum atomic E-state index is 12.9. The van der Waals surface area contributed by atoms with Gasteiger partial charge in [-0.15, -0.1) is 0 Å². The van der Waals surface area contributed by atoms with E-state index in [1.807, 2.05) is 53.8 Å². The molecule has 1 atom stereocenters. The summed E-state index contributed by atoms with van der Waals surface area (Å²) in [5.74, 6) is 0.878. The van der Waals surface area contributed by atoms with Gasteiger partial charge in [-0.05, 0) is 38.8 Å². The van der Waals surface area contributed by atoms with Crippen LogP contribution in [0, 0.1) is 6.92 Å². The van der Waals surface area contributed by atoms with Crippen molar-refractivity contribution < 1.29 is 9.59 Å². The van der Waals surface area contributed by atoms with Crippen molar-refractivity contribution in [3.63, 3.8) is 0 Å². The number of carbonyl (C=O) groups excluding carboxylic acids is 2. The van der Waals surface area contributed by atoms with Gasteiger partial charge in [0.15, 0.2) is 0 Å². The van der Waals surface area contributed by atoms with Crippen molar-refractivity contribution in [2.24, 2.45) is 0 Å². The zero-order chi connectivity index (χ0) is 18.3. The molecule has 1 saturated heterocycles. The quantitative estimate of drug-likeness (QED) is 0.867. The van der Waals surface area contributed by atoms with E-state index in [-0.39, 0.29) is 17.9 Å². The second-order valence-corrected chi connectivity index (χ2v) is 7.09. The molecule has 2 N–H and O–H groups in total. The number of rotatable bonds is 2. The number of imidazole rings is 1. The van der Waals surface area contributed by atoms with Crippen molar-refractivity contribution in [3.8, 4) is 0 Å². The molecule has 1 spiro atoms. The van der Waals surface area contributed by atoms with Gasteiger partial charge >= 0.3 is 0 Å². The molecule has 136 valence electrons. The predicted molar refractivity (Wildman–Crippen MR) is 98.9 cm³/mol. The van der Waals surface area contributed by atoms with Crippen LogP contribution in [0.4, 0.5) is 11.4 Å². The lowest BCUT2D eigenvalue weighted by Gasteiger charge is -2.44. The van der Waals surface area contributed by atoms with Crippen molar-refractivity contribution >= 4 is 23.2 Å². The third-order valence-electron chi connectivity index (χ3n) is 5.55. The van der Waals surface area contributed by atoms with E-state index < -0.39 is 5.54 Å². The number of para-hydroxylation sites is 2. The van der Waals surface area contributed by atoms with E-state index in [0.29, 0.717) is 25.9 Å². The third-order valence-corrected chi connectivity index (χ3v) is 5.55. The lowest BCUT2D eigenvalue weighted by Crippen LogP contribution is -2.59. The Kier molecular flexibility index (Phi) is 3.94. The molecule has 0 saturated carbocycles. The molecule has 2 aromatic rings. The largest absolute Gasteiger partial charge is 0.369 e. The maximum absolute atomic E-state index is 12.9. The van der Waals surface area contributed by atoms with E-state index in [9.17, 15) is 9.59 Å². The van der Waals surface area contributed by atoms with Crippen molar-refractivity contribution in [1.29, 1.82) is 0 Å². The molecule has 0 bridgehead atoms. The lowest BCUT2D eigenvalue weighted by molar-refractivity contribution is -0.137. The van der Waals surface area contributed by atoms with Gasteiger partial charge in [-0.1, -0.05) is 12.1 Å². The maximum Gasteiger partial charge on any atom is 0.250 e. The van der Waals surface area contributed by atoms with Gasteiger partial charge in [-0.2, -0.15) is 0 Å². The Morgan fingerprint density at radius 2 is 1.92 bits per heavy atom. The van der Waals surface area contributed by atoms with Gasteiger partial charge in [0.25, 0.3) is 0 Å². The van der Waals surface area contributed by atoms with Crippen LogP contribution in [0.25, 0.3) is 0 Å². The van der Waals surface area contributed by atoms with Crippen molar-refractivity contribution in [2.45, 2.75) is 38.3 Å². The zero-order valence-corrected chi connectivity index (χ0v) is 15.0. The summed E-state index contributed by atoms with van der Waals surface area (Å²) < 4.78 is 1.88. The van der Waals surface area contributed by atoms with Crippen molar-refractivity contribution in [1.82, 2.24) is 14.5 Å². The Morgan fingerprint density at radius 3 is 2.58 bits per heavy atom. The van der Waals surface area contributed by atoms with Gasteiger partial charge in [-0.3, -0.25) is 9.59 Å². The highest BCUT2D eigenvalue weighted by Crippen LogP contribution is 2.36. The number of carbonyl (C=O) groups is 2. The van der Waals surface area contributed by atoms with Crippen LogP contribution >= 0.6 is 0 Å². The number of anilines is 2. The molecule has 2 amide bonds. The fraction of sp³-hybridized carbons (Fsp3) is 0.421. The smallest absolute Gasteiger partial charge is 0.250 e. The molecule has 0 radical (unpaired) electrons. The van der Waals surface area contributed by atoms with Gasteiger partial charge in [0.05, 0.1) is 11.4 Å². The highest BCUT2D eigenvalue weighted by atomic mass is 16.2. The molecular weight excluding hydrogens is 330 g/mol. The summed E-state index contributed by atoms with van der Waals surface area (Å²) in [4.78, 5) is 31.6. The minimum atomic E-state index is -0.640. The highest BCUT2D eigenvalue weighted by molar-refractivity contribution is 6.06. The number of aromatic nitrogens is 2. The Hall–Kier alpha value is -2.83. The molecule has 2 aliphatic heterocycles. The normalized spacial score (nSPS) is 19.5. The van der Waals surface area contributed by atoms with Crippen LogP contribution < -0.4 is 10.6 Å².